The maximum atomic E-state index is 5.55. The van der Waals surface area contributed by atoms with Crippen molar-refractivity contribution in [3.8, 4) is 5.75 Å². The van der Waals surface area contributed by atoms with Crippen molar-refractivity contribution in [3.63, 3.8) is 0 Å². The van der Waals surface area contributed by atoms with Crippen LogP contribution in [0.25, 0.3) is 0 Å². The minimum absolute atomic E-state index is 0.530. The maximum Gasteiger partial charge on any atom is 0.186 e. The van der Waals surface area contributed by atoms with Crippen molar-refractivity contribution in [2.24, 2.45) is 5.10 Å². The molecule has 0 radical (unpaired) electrons. The normalized spacial score (nSPS) is 15.4. The molecular formula is C17H26N4O2S. The highest BCUT2D eigenvalue weighted by Crippen LogP contribution is 2.15. The van der Waals surface area contributed by atoms with Gasteiger partial charge in [-0.05, 0) is 44.2 Å². The lowest BCUT2D eigenvalue weighted by Gasteiger charge is -2.26. The van der Waals surface area contributed by atoms with E-state index in [0.717, 1.165) is 57.1 Å². The van der Waals surface area contributed by atoms with Gasteiger partial charge in [0, 0.05) is 25.2 Å². The number of para-hydroxylation sites is 1. The Labute approximate surface area is 149 Å². The number of nitrogens with zero attached hydrogens (tertiary/aromatic N) is 2. The van der Waals surface area contributed by atoms with Gasteiger partial charge in [-0.2, -0.15) is 5.10 Å². The lowest BCUT2D eigenvalue weighted by atomic mass is 10.2. The van der Waals surface area contributed by atoms with Gasteiger partial charge >= 0.3 is 0 Å². The van der Waals surface area contributed by atoms with Crippen molar-refractivity contribution in [2.45, 2.75) is 13.3 Å². The summed E-state index contributed by atoms with van der Waals surface area (Å²) in [6.45, 7) is 8.19. The van der Waals surface area contributed by atoms with Crippen LogP contribution in [0.2, 0.25) is 0 Å². The number of hydrogen-bond acceptors (Lipinski definition) is 5. The van der Waals surface area contributed by atoms with Crippen LogP contribution in [-0.2, 0) is 4.74 Å². The van der Waals surface area contributed by atoms with Gasteiger partial charge in [-0.1, -0.05) is 12.1 Å². The molecule has 24 heavy (non-hydrogen) atoms. The van der Waals surface area contributed by atoms with Gasteiger partial charge in [0.25, 0.3) is 0 Å². The molecule has 0 unspecified atom stereocenters. The quantitative estimate of drug-likeness (QED) is 0.321. The number of hydrogen-bond donors (Lipinski definition) is 2. The maximum absolute atomic E-state index is 5.55. The van der Waals surface area contributed by atoms with Crippen molar-refractivity contribution in [1.29, 1.82) is 0 Å². The van der Waals surface area contributed by atoms with Crippen LogP contribution in [0.15, 0.2) is 29.4 Å². The van der Waals surface area contributed by atoms with Gasteiger partial charge in [0.2, 0.25) is 0 Å². The fraction of sp³-hybridized carbons (Fsp3) is 0.529. The molecule has 132 valence electrons. The Bertz CT molecular complexity index is 533. The molecule has 1 saturated heterocycles. The minimum atomic E-state index is 0.530. The molecule has 0 aromatic heterocycles. The van der Waals surface area contributed by atoms with Gasteiger partial charge in [-0.25, -0.2) is 0 Å². The molecule has 2 rings (SSSR count). The zero-order valence-corrected chi connectivity index (χ0v) is 15.0. The highest BCUT2D eigenvalue weighted by Gasteiger charge is 2.09. The third-order valence-corrected chi connectivity index (χ3v) is 3.86. The van der Waals surface area contributed by atoms with Crippen LogP contribution in [-0.4, -0.2) is 62.2 Å². The van der Waals surface area contributed by atoms with E-state index in [1.54, 1.807) is 6.21 Å². The number of nitrogens with one attached hydrogen (secondary N) is 2. The first-order valence-electron chi connectivity index (χ1n) is 8.38. The van der Waals surface area contributed by atoms with E-state index in [0.29, 0.717) is 11.7 Å². The van der Waals surface area contributed by atoms with Crippen molar-refractivity contribution >= 4 is 23.5 Å². The summed E-state index contributed by atoms with van der Waals surface area (Å²) in [7, 11) is 0. The van der Waals surface area contributed by atoms with E-state index in [2.05, 4.69) is 20.7 Å². The SMILES string of the molecule is CCOc1ccccc1/C=N/NC(=S)NCCCN1CCOCC1. The summed E-state index contributed by atoms with van der Waals surface area (Å²) < 4.78 is 10.9. The van der Waals surface area contributed by atoms with Crippen molar-refractivity contribution in [3.05, 3.63) is 29.8 Å². The molecule has 0 bridgehead atoms. The van der Waals surface area contributed by atoms with E-state index in [-0.39, 0.29) is 0 Å². The Balaban J connectivity index is 1.63. The molecule has 0 spiro atoms. The Hall–Kier alpha value is -1.70. The molecule has 1 fully saturated rings. The largest absolute Gasteiger partial charge is 0.493 e. The highest BCUT2D eigenvalue weighted by atomic mass is 32.1. The molecule has 0 atom stereocenters. The Morgan fingerprint density at radius 1 is 1.38 bits per heavy atom. The van der Waals surface area contributed by atoms with Gasteiger partial charge in [0.05, 0.1) is 26.0 Å². The van der Waals surface area contributed by atoms with Crippen LogP contribution in [0.1, 0.15) is 18.9 Å². The number of hydrazone groups is 1. The van der Waals surface area contributed by atoms with Gasteiger partial charge in [-0.15, -0.1) is 0 Å². The van der Waals surface area contributed by atoms with Crippen LogP contribution in [0.3, 0.4) is 0 Å². The second-order valence-corrected chi connectivity index (χ2v) is 5.81. The first-order chi connectivity index (χ1) is 11.8. The zero-order chi connectivity index (χ0) is 17.0. The van der Waals surface area contributed by atoms with Gasteiger partial charge < -0.3 is 14.8 Å². The predicted octanol–water partition coefficient (Wildman–Crippen LogP) is 1.61. The average molecular weight is 350 g/mol. The van der Waals surface area contributed by atoms with Crippen LogP contribution < -0.4 is 15.5 Å². The Morgan fingerprint density at radius 3 is 2.96 bits per heavy atom. The summed E-state index contributed by atoms with van der Waals surface area (Å²) in [5.74, 6) is 0.815. The topological polar surface area (TPSA) is 58.1 Å². The van der Waals surface area contributed by atoms with E-state index in [1.165, 1.54) is 0 Å². The standard InChI is InChI=1S/C17H26N4O2S/c1-2-23-16-7-4-3-6-15(16)14-19-20-17(24)18-8-5-9-21-10-12-22-13-11-21/h3-4,6-7,14H,2,5,8-13H2,1H3,(H2,18,20,24)/b19-14+. The molecule has 1 aromatic rings. The minimum Gasteiger partial charge on any atom is -0.493 e. The molecule has 1 aliphatic rings. The number of ether oxygens (including phenoxy) is 2. The lowest BCUT2D eigenvalue weighted by Crippen LogP contribution is -2.39. The molecule has 1 aliphatic heterocycles. The van der Waals surface area contributed by atoms with E-state index in [4.69, 9.17) is 21.7 Å². The molecule has 6 nitrogen and oxygen atoms in total. The Kier molecular flexibility index (Phi) is 8.51. The van der Waals surface area contributed by atoms with E-state index in [1.807, 2.05) is 31.2 Å². The second-order valence-electron chi connectivity index (χ2n) is 5.40. The summed E-state index contributed by atoms with van der Waals surface area (Å²) in [5.41, 5.74) is 3.76. The summed E-state index contributed by atoms with van der Waals surface area (Å²) in [6, 6.07) is 7.77. The van der Waals surface area contributed by atoms with Crippen molar-refractivity contribution < 1.29 is 9.47 Å². The van der Waals surface area contributed by atoms with E-state index >= 15 is 0 Å². The molecule has 1 heterocycles. The first-order valence-corrected chi connectivity index (χ1v) is 8.79. The van der Waals surface area contributed by atoms with Gasteiger partial charge in [0.15, 0.2) is 5.11 Å². The number of rotatable bonds is 8. The van der Waals surface area contributed by atoms with Crippen LogP contribution >= 0.6 is 12.2 Å². The van der Waals surface area contributed by atoms with Gasteiger partial charge in [0.1, 0.15) is 5.75 Å². The molecule has 0 saturated carbocycles. The van der Waals surface area contributed by atoms with Crippen LogP contribution in [0, 0.1) is 0 Å². The monoisotopic (exact) mass is 350 g/mol. The first kappa shape index (κ1) is 18.6. The Morgan fingerprint density at radius 2 is 2.17 bits per heavy atom. The summed E-state index contributed by atoms with van der Waals surface area (Å²) in [5, 5.41) is 7.86. The number of morpholine rings is 1. The molecule has 1 aromatic carbocycles. The average Bonchev–Trinajstić information content (AvgIpc) is 2.61. The lowest BCUT2D eigenvalue weighted by molar-refractivity contribution is 0.0376. The predicted molar refractivity (Wildman–Crippen MR) is 101 cm³/mol. The molecule has 7 heteroatoms. The van der Waals surface area contributed by atoms with E-state index < -0.39 is 0 Å². The fourth-order valence-corrected chi connectivity index (χ4v) is 2.56. The molecular weight excluding hydrogens is 324 g/mol. The number of benzene rings is 1. The summed E-state index contributed by atoms with van der Waals surface area (Å²) in [6.07, 6.45) is 2.76. The molecule has 0 amide bonds. The smallest absolute Gasteiger partial charge is 0.186 e. The van der Waals surface area contributed by atoms with Crippen molar-refractivity contribution in [1.82, 2.24) is 15.6 Å². The summed E-state index contributed by atoms with van der Waals surface area (Å²) in [4.78, 5) is 2.41. The third kappa shape index (κ3) is 6.82. The molecule has 0 aliphatic carbocycles. The molecule has 2 N–H and O–H groups in total. The van der Waals surface area contributed by atoms with Crippen LogP contribution in [0.5, 0.6) is 5.75 Å². The van der Waals surface area contributed by atoms with Crippen molar-refractivity contribution in [2.75, 3.05) is 46.0 Å². The second kappa shape index (κ2) is 11.0. The highest BCUT2D eigenvalue weighted by molar-refractivity contribution is 7.80. The van der Waals surface area contributed by atoms with Crippen LogP contribution in [0.4, 0.5) is 0 Å². The third-order valence-electron chi connectivity index (χ3n) is 3.63. The zero-order valence-electron chi connectivity index (χ0n) is 14.2. The van der Waals surface area contributed by atoms with E-state index in [9.17, 15) is 0 Å². The summed E-state index contributed by atoms with van der Waals surface area (Å²) >= 11 is 5.22. The van der Waals surface area contributed by atoms with Gasteiger partial charge in [-0.3, -0.25) is 10.3 Å². The fourth-order valence-electron chi connectivity index (χ4n) is 2.40. The number of thiocarbonyl (C=S) groups is 1.